The molecule has 1 nitrogen and oxygen atoms in total. The van der Waals surface area contributed by atoms with E-state index in [-0.39, 0.29) is 36.6 Å². The Hall–Kier alpha value is 0.0243. The molecule has 1 aliphatic carbocycles. The van der Waals surface area contributed by atoms with Crippen molar-refractivity contribution in [1.29, 1.82) is 0 Å². The van der Waals surface area contributed by atoms with E-state index in [0.717, 1.165) is 12.5 Å². The quantitative estimate of drug-likeness (QED) is 0.392. The van der Waals surface area contributed by atoms with Crippen molar-refractivity contribution in [3.63, 3.8) is 0 Å². The minimum absolute atomic E-state index is 0. The van der Waals surface area contributed by atoms with Gasteiger partial charge in [0.25, 0.3) is 0 Å². The summed E-state index contributed by atoms with van der Waals surface area (Å²) in [6.45, 7) is 10.7. The van der Waals surface area contributed by atoms with E-state index in [9.17, 15) is 0 Å². The molecule has 0 aromatic heterocycles. The van der Waals surface area contributed by atoms with Crippen LogP contribution in [0.1, 0.15) is 99.8 Å². The molecule has 1 aromatic carbocycles. The number of nitrogens with zero attached hydrogens (tertiary/aromatic N) is 1. The summed E-state index contributed by atoms with van der Waals surface area (Å²) in [5.74, 6) is 2.13. The van der Waals surface area contributed by atoms with Gasteiger partial charge >= 0.3 is 21.7 Å². The molecule has 0 N–H and O–H groups in total. The van der Waals surface area contributed by atoms with Gasteiger partial charge in [0.15, 0.2) is 0 Å². The molecular formula is C23H42NTi. The summed E-state index contributed by atoms with van der Waals surface area (Å²) < 4.78 is 0. The van der Waals surface area contributed by atoms with Gasteiger partial charge in [-0.3, -0.25) is 0 Å². The molecule has 2 rings (SSSR count). The van der Waals surface area contributed by atoms with Gasteiger partial charge in [-0.25, -0.2) is 6.07 Å². The van der Waals surface area contributed by atoms with Crippen LogP contribution in [-0.4, -0.2) is 25.5 Å². The van der Waals surface area contributed by atoms with Crippen molar-refractivity contribution in [1.82, 2.24) is 4.90 Å². The van der Waals surface area contributed by atoms with E-state index < -0.39 is 0 Å². The summed E-state index contributed by atoms with van der Waals surface area (Å²) in [7, 11) is 4.38. The molecule has 143 valence electrons. The Bertz CT molecular complexity index is 465. The largest absolute Gasteiger partial charge is 3.00 e. The van der Waals surface area contributed by atoms with Gasteiger partial charge in [-0.05, 0) is 32.5 Å². The molecule has 0 aliphatic heterocycles. The van der Waals surface area contributed by atoms with Crippen molar-refractivity contribution < 1.29 is 21.7 Å². The molecule has 0 unspecified atom stereocenters. The van der Waals surface area contributed by atoms with Crippen LogP contribution in [0, 0.1) is 14.9 Å². The first kappa shape index (κ1) is 27.2. The molecule has 0 atom stereocenters. The zero-order valence-electron chi connectivity index (χ0n) is 18.2. The van der Waals surface area contributed by atoms with Crippen LogP contribution in [0.25, 0.3) is 0 Å². The fourth-order valence-corrected chi connectivity index (χ4v) is 4.22. The molecule has 1 radical (unpaired) electrons. The van der Waals surface area contributed by atoms with Crippen LogP contribution in [-0.2, 0) is 28.1 Å². The monoisotopic (exact) mass is 380 g/mol. The van der Waals surface area contributed by atoms with Crippen LogP contribution in [0.5, 0.6) is 0 Å². The number of hydrogen-bond donors (Lipinski definition) is 0. The number of likely N-dealkylation sites (N-methyl/N-ethyl adjacent to an activating group) is 1. The van der Waals surface area contributed by atoms with Crippen LogP contribution in [0.15, 0.2) is 6.07 Å². The first-order valence-corrected chi connectivity index (χ1v) is 9.38. The Kier molecular flexibility index (Phi) is 13.5. The van der Waals surface area contributed by atoms with Gasteiger partial charge in [0, 0.05) is 0 Å². The Morgan fingerprint density at radius 3 is 2.00 bits per heavy atom. The summed E-state index contributed by atoms with van der Waals surface area (Å²) in [6.07, 6.45) is 8.33. The van der Waals surface area contributed by atoms with E-state index in [4.69, 9.17) is 0 Å². The van der Waals surface area contributed by atoms with E-state index in [1.54, 1.807) is 22.3 Å². The number of rotatable bonds is 6. The first-order chi connectivity index (χ1) is 10.4. The topological polar surface area (TPSA) is 3.24 Å². The van der Waals surface area contributed by atoms with Gasteiger partial charge in [-0.15, -0.1) is 5.56 Å². The summed E-state index contributed by atoms with van der Waals surface area (Å²) in [5, 5.41) is 0. The second kappa shape index (κ2) is 12.4. The third kappa shape index (κ3) is 6.92. The molecule has 25 heavy (non-hydrogen) atoms. The third-order valence-corrected chi connectivity index (χ3v) is 5.35. The molecule has 0 spiro atoms. The molecular weight excluding hydrogens is 338 g/mol. The van der Waals surface area contributed by atoms with Crippen LogP contribution >= 0.6 is 0 Å². The fourth-order valence-electron chi connectivity index (χ4n) is 4.22. The first-order valence-electron chi connectivity index (χ1n) is 9.38. The van der Waals surface area contributed by atoms with E-state index in [1.807, 2.05) is 0 Å². The van der Waals surface area contributed by atoms with Crippen molar-refractivity contribution in [3.8, 4) is 0 Å². The Balaban J connectivity index is 0. The summed E-state index contributed by atoms with van der Waals surface area (Å²) in [5.41, 5.74) is 6.73. The Morgan fingerprint density at radius 1 is 1.00 bits per heavy atom. The van der Waals surface area contributed by atoms with Crippen LogP contribution < -0.4 is 0 Å². The molecule has 1 saturated carbocycles. The van der Waals surface area contributed by atoms with Crippen LogP contribution in [0.4, 0.5) is 0 Å². The summed E-state index contributed by atoms with van der Waals surface area (Å²) >= 11 is 0. The molecule has 0 amide bonds. The van der Waals surface area contributed by atoms with Gasteiger partial charge in [-0.1, -0.05) is 72.1 Å². The molecule has 2 heteroatoms. The van der Waals surface area contributed by atoms with Gasteiger partial charge in [-0.2, -0.15) is 16.7 Å². The van der Waals surface area contributed by atoms with Gasteiger partial charge < -0.3 is 19.8 Å². The SMILES string of the molecule is CC(C)c1cc(C2CCCCC2)c(C(C)C)[c-]1CCN(C)C.[CH3-].[CH3-].[Ti+3]. The van der Waals surface area contributed by atoms with E-state index in [2.05, 4.69) is 52.8 Å². The fraction of sp³-hybridized carbons (Fsp3) is 0.696. The maximum Gasteiger partial charge on any atom is 3.00 e. The molecule has 0 saturated heterocycles. The Morgan fingerprint density at radius 2 is 1.56 bits per heavy atom. The number of hydrogen-bond acceptors (Lipinski definition) is 1. The molecule has 1 aromatic rings. The van der Waals surface area contributed by atoms with Crippen LogP contribution in [0.3, 0.4) is 0 Å². The maximum atomic E-state index is 2.60. The smallest absolute Gasteiger partial charge is 0.358 e. The van der Waals surface area contributed by atoms with E-state index in [0.29, 0.717) is 11.8 Å². The van der Waals surface area contributed by atoms with E-state index in [1.165, 1.54) is 38.5 Å². The molecule has 1 fully saturated rings. The van der Waals surface area contributed by atoms with Gasteiger partial charge in [0.1, 0.15) is 0 Å². The zero-order valence-corrected chi connectivity index (χ0v) is 19.8. The van der Waals surface area contributed by atoms with Crippen molar-refractivity contribution in [2.24, 2.45) is 0 Å². The molecule has 0 bridgehead atoms. The predicted octanol–water partition coefficient (Wildman–Crippen LogP) is 6.70. The van der Waals surface area contributed by atoms with Crippen molar-refractivity contribution in [3.05, 3.63) is 43.2 Å². The summed E-state index contributed by atoms with van der Waals surface area (Å²) in [6, 6.07) is 2.60. The normalized spacial score (nSPS) is 15.1. The van der Waals surface area contributed by atoms with Crippen molar-refractivity contribution in [2.75, 3.05) is 20.6 Å². The van der Waals surface area contributed by atoms with Gasteiger partial charge in [0.2, 0.25) is 0 Å². The van der Waals surface area contributed by atoms with E-state index >= 15 is 0 Å². The van der Waals surface area contributed by atoms with Crippen molar-refractivity contribution in [2.45, 2.75) is 84.0 Å². The Labute approximate surface area is 174 Å². The predicted molar refractivity (Wildman–Crippen MR) is 111 cm³/mol. The average Bonchev–Trinajstić information content (AvgIpc) is 2.85. The second-order valence-electron chi connectivity index (χ2n) is 8.14. The zero-order chi connectivity index (χ0) is 16.3. The maximum absolute atomic E-state index is 2.60. The molecule has 1 aliphatic rings. The van der Waals surface area contributed by atoms with Gasteiger partial charge in [0.05, 0.1) is 0 Å². The molecule has 0 heterocycles. The summed E-state index contributed by atoms with van der Waals surface area (Å²) in [4.78, 5) is 2.32. The second-order valence-corrected chi connectivity index (χ2v) is 8.14. The van der Waals surface area contributed by atoms with Crippen molar-refractivity contribution >= 4 is 0 Å². The van der Waals surface area contributed by atoms with Crippen LogP contribution in [0.2, 0.25) is 0 Å². The average molecular weight is 380 g/mol. The standard InChI is InChI=1S/C21H36N.2CH3.Ti/c1-15(2)19-14-20(17-10-8-7-9-11-17)21(16(3)4)18(19)12-13-22(5)6;;;/h14-17H,7-13H2,1-6H3;2*1H3;/q3*-1;+3. The minimum Gasteiger partial charge on any atom is -0.358 e. The third-order valence-electron chi connectivity index (χ3n) is 5.35. The minimum atomic E-state index is 0.